The van der Waals surface area contributed by atoms with Crippen LogP contribution in [0.15, 0.2) is 60.8 Å². The first kappa shape index (κ1) is 18.7. The molecule has 0 aliphatic rings. The number of aromatic nitrogens is 2. The lowest BCUT2D eigenvalue weighted by molar-refractivity contribution is -0.153. The maximum Gasteiger partial charge on any atom is 0.311 e. The molecule has 7 heteroatoms. The second-order valence-corrected chi connectivity index (χ2v) is 6.44. The Labute approximate surface area is 161 Å². The topological polar surface area (TPSA) is 87.2 Å². The van der Waals surface area contributed by atoms with Crippen LogP contribution < -0.4 is 5.73 Å². The molecular weight excluding hydrogens is 366 g/mol. The number of nitrogens with two attached hydrogens (primary N) is 1. The van der Waals surface area contributed by atoms with Gasteiger partial charge in [0.1, 0.15) is 0 Å². The van der Waals surface area contributed by atoms with Gasteiger partial charge in [-0.1, -0.05) is 41.9 Å². The summed E-state index contributed by atoms with van der Waals surface area (Å²) in [6, 6.07) is 16.7. The van der Waals surface area contributed by atoms with E-state index in [0.717, 1.165) is 11.3 Å². The highest BCUT2D eigenvalue weighted by atomic mass is 35.5. The van der Waals surface area contributed by atoms with Gasteiger partial charge in [-0.15, -0.1) is 0 Å². The Hall–Kier alpha value is -3.12. The second-order valence-electron chi connectivity index (χ2n) is 6.00. The summed E-state index contributed by atoms with van der Waals surface area (Å²) < 4.78 is 6.77. The molecule has 0 unspecified atom stereocenters. The molecule has 1 amide bonds. The predicted molar refractivity (Wildman–Crippen MR) is 102 cm³/mol. The number of hydrogen-bond donors (Lipinski definition) is 1. The highest BCUT2D eigenvalue weighted by Gasteiger charge is 2.19. The van der Waals surface area contributed by atoms with Crippen LogP contribution in [0.4, 0.5) is 0 Å². The van der Waals surface area contributed by atoms with Gasteiger partial charge in [0.2, 0.25) is 0 Å². The number of amides is 1. The Morgan fingerprint density at radius 2 is 1.81 bits per heavy atom. The van der Waals surface area contributed by atoms with Gasteiger partial charge in [-0.25, -0.2) is 4.68 Å². The third kappa shape index (κ3) is 4.54. The van der Waals surface area contributed by atoms with E-state index >= 15 is 0 Å². The summed E-state index contributed by atoms with van der Waals surface area (Å²) in [7, 11) is 0. The van der Waals surface area contributed by atoms with Crippen molar-refractivity contribution in [1.29, 1.82) is 0 Å². The van der Waals surface area contributed by atoms with Gasteiger partial charge in [0.05, 0.1) is 17.8 Å². The standard InChI is InChI=1S/C20H18ClN3O3/c1-13(20(22)26)27-18(25)11-15-12-24(17-5-3-2-4-6-17)23-19(15)14-7-9-16(21)10-8-14/h2-10,12-13H,11H2,1H3,(H2,22,26)/t13-/m1/s1. The maximum atomic E-state index is 12.2. The Morgan fingerprint density at radius 3 is 2.44 bits per heavy atom. The van der Waals surface area contributed by atoms with E-state index in [1.54, 1.807) is 23.0 Å². The van der Waals surface area contributed by atoms with E-state index in [1.807, 2.05) is 42.5 Å². The van der Waals surface area contributed by atoms with Crippen LogP contribution in [0.25, 0.3) is 16.9 Å². The van der Waals surface area contributed by atoms with Gasteiger partial charge in [-0.2, -0.15) is 5.10 Å². The molecule has 1 heterocycles. The second kappa shape index (κ2) is 8.05. The molecule has 6 nitrogen and oxygen atoms in total. The zero-order valence-electron chi connectivity index (χ0n) is 14.6. The van der Waals surface area contributed by atoms with Crippen molar-refractivity contribution in [3.8, 4) is 16.9 Å². The minimum Gasteiger partial charge on any atom is -0.452 e. The molecule has 0 radical (unpaired) electrons. The minimum atomic E-state index is -0.986. The zero-order chi connectivity index (χ0) is 19.4. The van der Waals surface area contributed by atoms with E-state index in [-0.39, 0.29) is 6.42 Å². The number of benzene rings is 2. The number of hydrogen-bond acceptors (Lipinski definition) is 4. The molecule has 0 spiro atoms. The third-order valence-electron chi connectivity index (χ3n) is 3.97. The Bertz CT molecular complexity index is 952. The van der Waals surface area contributed by atoms with Gasteiger partial charge < -0.3 is 10.5 Å². The average Bonchev–Trinajstić information content (AvgIpc) is 3.06. The number of carbonyl (C=O) groups is 2. The van der Waals surface area contributed by atoms with Crippen LogP contribution in [0, 0.1) is 0 Å². The Kier molecular flexibility index (Phi) is 5.57. The zero-order valence-corrected chi connectivity index (χ0v) is 15.4. The van der Waals surface area contributed by atoms with Crippen LogP contribution in [0.3, 0.4) is 0 Å². The average molecular weight is 384 g/mol. The van der Waals surface area contributed by atoms with Crippen LogP contribution in [-0.4, -0.2) is 27.8 Å². The van der Waals surface area contributed by atoms with E-state index in [1.165, 1.54) is 6.92 Å². The molecular formula is C20H18ClN3O3. The van der Waals surface area contributed by atoms with Crippen LogP contribution in [-0.2, 0) is 20.7 Å². The largest absolute Gasteiger partial charge is 0.452 e. The fourth-order valence-corrected chi connectivity index (χ4v) is 2.68. The first-order chi connectivity index (χ1) is 12.9. The van der Waals surface area contributed by atoms with Crippen LogP contribution in [0.5, 0.6) is 0 Å². The number of para-hydroxylation sites is 1. The fourth-order valence-electron chi connectivity index (χ4n) is 2.56. The number of nitrogens with zero attached hydrogens (tertiary/aromatic N) is 2. The van der Waals surface area contributed by atoms with Crippen molar-refractivity contribution < 1.29 is 14.3 Å². The normalized spacial score (nSPS) is 11.8. The number of ether oxygens (including phenoxy) is 1. The Morgan fingerprint density at radius 1 is 1.15 bits per heavy atom. The molecule has 2 N–H and O–H groups in total. The SMILES string of the molecule is C[C@@H](OC(=O)Cc1cn(-c2ccccc2)nc1-c1ccc(Cl)cc1)C(N)=O. The summed E-state index contributed by atoms with van der Waals surface area (Å²) in [6.07, 6.45) is 0.748. The van der Waals surface area contributed by atoms with Crippen molar-refractivity contribution in [2.45, 2.75) is 19.4 Å². The summed E-state index contributed by atoms with van der Waals surface area (Å²) in [5.74, 6) is -1.25. The molecule has 3 rings (SSSR count). The number of halogens is 1. The highest BCUT2D eigenvalue weighted by Crippen LogP contribution is 2.26. The highest BCUT2D eigenvalue weighted by molar-refractivity contribution is 6.30. The van der Waals surface area contributed by atoms with Gasteiger partial charge in [0.25, 0.3) is 5.91 Å². The van der Waals surface area contributed by atoms with Gasteiger partial charge in [0.15, 0.2) is 6.10 Å². The molecule has 0 fully saturated rings. The predicted octanol–water partition coefficient (Wildman–Crippen LogP) is 3.15. The van der Waals surface area contributed by atoms with Crippen molar-refractivity contribution in [2.24, 2.45) is 5.73 Å². The molecule has 27 heavy (non-hydrogen) atoms. The van der Waals surface area contributed by atoms with Gasteiger partial charge >= 0.3 is 5.97 Å². The first-order valence-electron chi connectivity index (χ1n) is 8.33. The van der Waals surface area contributed by atoms with Crippen LogP contribution >= 0.6 is 11.6 Å². The molecule has 3 aromatic rings. The van der Waals surface area contributed by atoms with E-state index in [0.29, 0.717) is 16.3 Å². The van der Waals surface area contributed by atoms with Crippen LogP contribution in [0.1, 0.15) is 12.5 Å². The van der Waals surface area contributed by atoms with E-state index in [2.05, 4.69) is 5.10 Å². The molecule has 0 aliphatic heterocycles. The van der Waals surface area contributed by atoms with Crippen molar-refractivity contribution in [1.82, 2.24) is 9.78 Å². The Balaban J connectivity index is 1.95. The van der Waals surface area contributed by atoms with E-state index < -0.39 is 18.0 Å². The lowest BCUT2D eigenvalue weighted by Gasteiger charge is -2.09. The number of esters is 1. The van der Waals surface area contributed by atoms with Crippen LogP contribution in [0.2, 0.25) is 5.02 Å². The monoisotopic (exact) mass is 383 g/mol. The van der Waals surface area contributed by atoms with Crippen molar-refractivity contribution in [2.75, 3.05) is 0 Å². The number of rotatable bonds is 6. The van der Waals surface area contributed by atoms with Crippen molar-refractivity contribution >= 4 is 23.5 Å². The quantitative estimate of drug-likeness (QED) is 0.662. The summed E-state index contributed by atoms with van der Waals surface area (Å²) in [4.78, 5) is 23.3. The molecule has 2 aromatic carbocycles. The first-order valence-corrected chi connectivity index (χ1v) is 8.70. The number of carbonyl (C=O) groups excluding carboxylic acids is 2. The molecule has 0 bridgehead atoms. The third-order valence-corrected chi connectivity index (χ3v) is 4.22. The minimum absolute atomic E-state index is 0.0393. The summed E-state index contributed by atoms with van der Waals surface area (Å²) >= 11 is 5.97. The van der Waals surface area contributed by atoms with Gasteiger partial charge in [0, 0.05) is 22.3 Å². The molecule has 0 saturated carbocycles. The summed E-state index contributed by atoms with van der Waals surface area (Å²) in [6.45, 7) is 1.44. The summed E-state index contributed by atoms with van der Waals surface area (Å²) in [5, 5.41) is 5.23. The molecule has 1 aromatic heterocycles. The molecule has 138 valence electrons. The maximum absolute atomic E-state index is 12.2. The summed E-state index contributed by atoms with van der Waals surface area (Å²) in [5.41, 5.74) is 8.13. The molecule has 0 aliphatic carbocycles. The lowest BCUT2D eigenvalue weighted by Crippen LogP contribution is -2.30. The van der Waals surface area contributed by atoms with E-state index in [4.69, 9.17) is 22.1 Å². The molecule has 0 saturated heterocycles. The van der Waals surface area contributed by atoms with Gasteiger partial charge in [-0.05, 0) is 31.2 Å². The molecule has 1 atom stereocenters. The number of primary amides is 1. The van der Waals surface area contributed by atoms with Crippen molar-refractivity contribution in [3.63, 3.8) is 0 Å². The fraction of sp³-hybridized carbons (Fsp3) is 0.150. The van der Waals surface area contributed by atoms with Crippen molar-refractivity contribution in [3.05, 3.63) is 71.4 Å². The van der Waals surface area contributed by atoms with Gasteiger partial charge in [-0.3, -0.25) is 9.59 Å². The lowest BCUT2D eigenvalue weighted by atomic mass is 10.1. The smallest absolute Gasteiger partial charge is 0.311 e. The van der Waals surface area contributed by atoms with E-state index in [9.17, 15) is 9.59 Å².